The van der Waals surface area contributed by atoms with Crippen LogP contribution in [-0.2, 0) is 0 Å². The van der Waals surface area contributed by atoms with Gasteiger partial charge in [-0.05, 0) is 6.07 Å². The van der Waals surface area contributed by atoms with E-state index < -0.39 is 0 Å². The maximum atomic E-state index is 5.74. The van der Waals surface area contributed by atoms with Gasteiger partial charge in [0.05, 0.1) is 12.4 Å². The smallest absolute Gasteiger partial charge is 0.124 e. The molecule has 0 amide bonds. The predicted octanol–water partition coefficient (Wildman–Crippen LogP) is 2.71. The molecule has 0 saturated carbocycles. The molecule has 96 valence electrons. The maximum Gasteiger partial charge on any atom is 0.124 e. The fraction of sp³-hybridized carbons (Fsp3) is 0.467. The van der Waals surface area contributed by atoms with E-state index in [1.165, 1.54) is 5.56 Å². The molecular weight excluding hydrogens is 242 g/mol. The number of fused-ring (bicyclic) bond motifs is 1. The molecule has 2 nitrogen and oxygen atoms in total. The molecule has 0 fully saturated rings. The van der Waals surface area contributed by atoms with Crippen molar-refractivity contribution in [1.29, 1.82) is 0 Å². The second kappa shape index (κ2) is 6.72. The first kappa shape index (κ1) is 13.3. The van der Waals surface area contributed by atoms with Crippen molar-refractivity contribution < 1.29 is 4.74 Å². The van der Waals surface area contributed by atoms with Crippen LogP contribution >= 0.6 is 11.8 Å². The van der Waals surface area contributed by atoms with Gasteiger partial charge in [-0.25, -0.2) is 0 Å². The Kier molecular flexibility index (Phi) is 4.98. The Morgan fingerprint density at radius 1 is 1.50 bits per heavy atom. The van der Waals surface area contributed by atoms with Crippen LogP contribution in [0.5, 0.6) is 5.75 Å². The highest BCUT2D eigenvalue weighted by molar-refractivity contribution is 7.99. The van der Waals surface area contributed by atoms with Crippen molar-refractivity contribution in [2.24, 2.45) is 5.92 Å². The second-order valence-electron chi connectivity index (χ2n) is 4.51. The number of hydrogen-bond donors (Lipinski definition) is 1. The van der Waals surface area contributed by atoms with Crippen LogP contribution in [0, 0.1) is 18.3 Å². The Morgan fingerprint density at radius 2 is 2.33 bits per heavy atom. The van der Waals surface area contributed by atoms with Gasteiger partial charge in [0.15, 0.2) is 0 Å². The molecule has 0 spiro atoms. The van der Waals surface area contributed by atoms with Crippen LogP contribution in [0.25, 0.3) is 0 Å². The number of thioether (sulfide) groups is 1. The zero-order chi connectivity index (χ0) is 12.8. The minimum atomic E-state index is 0.390. The standard InChI is InChI=1S/C15H19NOS/c1-3-9-18-10-8-16-15-12(2)11-17-14-7-5-4-6-13(14)15/h1,4-7,12,15-16H,8-11H2,2H3. The average molecular weight is 261 g/mol. The summed E-state index contributed by atoms with van der Waals surface area (Å²) in [4.78, 5) is 0. The molecule has 0 radical (unpaired) electrons. The van der Waals surface area contributed by atoms with Gasteiger partial charge < -0.3 is 10.1 Å². The molecule has 3 heteroatoms. The molecule has 1 N–H and O–H groups in total. The Bertz CT molecular complexity index is 427. The number of terminal acetylenes is 1. The van der Waals surface area contributed by atoms with Crippen molar-refractivity contribution in [3.63, 3.8) is 0 Å². The third-order valence-corrected chi connectivity index (χ3v) is 3.98. The first-order valence-electron chi connectivity index (χ1n) is 6.29. The van der Waals surface area contributed by atoms with Crippen molar-refractivity contribution in [3.05, 3.63) is 29.8 Å². The Morgan fingerprint density at radius 3 is 3.17 bits per heavy atom. The largest absolute Gasteiger partial charge is 0.493 e. The fourth-order valence-electron chi connectivity index (χ4n) is 2.22. The lowest BCUT2D eigenvalue weighted by molar-refractivity contribution is 0.190. The molecule has 2 rings (SSSR count). The second-order valence-corrected chi connectivity index (χ2v) is 5.62. The molecule has 0 bridgehead atoms. The van der Waals surface area contributed by atoms with E-state index in [9.17, 15) is 0 Å². The molecule has 0 aliphatic carbocycles. The van der Waals surface area contributed by atoms with Crippen molar-refractivity contribution in [2.45, 2.75) is 13.0 Å². The van der Waals surface area contributed by atoms with Gasteiger partial charge in [0.25, 0.3) is 0 Å². The van der Waals surface area contributed by atoms with Crippen molar-refractivity contribution in [3.8, 4) is 18.1 Å². The first-order chi connectivity index (χ1) is 8.83. The van der Waals surface area contributed by atoms with Crippen molar-refractivity contribution in [2.75, 3.05) is 24.7 Å². The monoisotopic (exact) mass is 261 g/mol. The van der Waals surface area contributed by atoms with E-state index in [0.29, 0.717) is 12.0 Å². The van der Waals surface area contributed by atoms with Gasteiger partial charge >= 0.3 is 0 Å². The van der Waals surface area contributed by atoms with Crippen LogP contribution in [0.4, 0.5) is 0 Å². The molecule has 1 heterocycles. The average Bonchev–Trinajstić information content (AvgIpc) is 2.41. The quantitative estimate of drug-likeness (QED) is 0.650. The topological polar surface area (TPSA) is 21.3 Å². The van der Waals surface area contributed by atoms with E-state index in [0.717, 1.165) is 30.4 Å². The summed E-state index contributed by atoms with van der Waals surface area (Å²) in [5, 5.41) is 3.62. The Labute approximate surface area is 113 Å². The minimum Gasteiger partial charge on any atom is -0.493 e. The lowest BCUT2D eigenvalue weighted by Gasteiger charge is -2.32. The highest BCUT2D eigenvalue weighted by Crippen LogP contribution is 2.34. The van der Waals surface area contributed by atoms with Gasteiger partial charge in [0, 0.05) is 29.8 Å². The summed E-state index contributed by atoms with van der Waals surface area (Å²) < 4.78 is 5.74. The van der Waals surface area contributed by atoms with Gasteiger partial charge in [-0.2, -0.15) is 0 Å². The molecule has 2 atom stereocenters. The maximum absolute atomic E-state index is 5.74. The zero-order valence-electron chi connectivity index (χ0n) is 10.7. The molecule has 18 heavy (non-hydrogen) atoms. The highest BCUT2D eigenvalue weighted by atomic mass is 32.2. The molecule has 1 aliphatic rings. The summed E-state index contributed by atoms with van der Waals surface area (Å²) >= 11 is 1.79. The number of rotatable bonds is 5. The van der Waals surface area contributed by atoms with Crippen LogP contribution in [0.3, 0.4) is 0 Å². The van der Waals surface area contributed by atoms with Gasteiger partial charge in [0.2, 0.25) is 0 Å². The summed E-state index contributed by atoms with van der Waals surface area (Å²) in [6, 6.07) is 8.68. The van der Waals surface area contributed by atoms with E-state index in [1.807, 2.05) is 12.1 Å². The van der Waals surface area contributed by atoms with Crippen molar-refractivity contribution in [1.82, 2.24) is 5.32 Å². The van der Waals surface area contributed by atoms with E-state index in [4.69, 9.17) is 11.2 Å². The third kappa shape index (κ3) is 3.22. The van der Waals surface area contributed by atoms with E-state index in [-0.39, 0.29) is 0 Å². The lowest BCUT2D eigenvalue weighted by Crippen LogP contribution is -2.35. The molecule has 0 saturated heterocycles. The van der Waals surface area contributed by atoms with Crippen LogP contribution in [0.15, 0.2) is 24.3 Å². The van der Waals surface area contributed by atoms with Gasteiger partial charge in [-0.15, -0.1) is 18.2 Å². The van der Waals surface area contributed by atoms with Crippen LogP contribution in [0.1, 0.15) is 18.5 Å². The minimum absolute atomic E-state index is 0.390. The number of nitrogens with one attached hydrogen (secondary N) is 1. The number of hydrogen-bond acceptors (Lipinski definition) is 3. The van der Waals surface area contributed by atoms with Gasteiger partial charge in [-0.3, -0.25) is 0 Å². The molecule has 1 aromatic rings. The Hall–Kier alpha value is -1.11. The summed E-state index contributed by atoms with van der Waals surface area (Å²) in [6.07, 6.45) is 5.23. The summed E-state index contributed by atoms with van der Waals surface area (Å²) in [6.45, 7) is 3.99. The number of benzene rings is 1. The lowest BCUT2D eigenvalue weighted by atomic mass is 9.92. The van der Waals surface area contributed by atoms with Crippen molar-refractivity contribution >= 4 is 11.8 Å². The zero-order valence-corrected chi connectivity index (χ0v) is 11.5. The molecular formula is C15H19NOS. The molecule has 0 aromatic heterocycles. The molecule has 2 unspecified atom stereocenters. The van der Waals surface area contributed by atoms with Crippen LogP contribution in [-0.4, -0.2) is 24.7 Å². The van der Waals surface area contributed by atoms with E-state index >= 15 is 0 Å². The first-order valence-corrected chi connectivity index (χ1v) is 7.44. The number of para-hydroxylation sites is 1. The summed E-state index contributed by atoms with van der Waals surface area (Å²) in [7, 11) is 0. The normalized spacial score (nSPS) is 21.8. The Balaban J connectivity index is 1.93. The molecule has 1 aromatic carbocycles. The summed E-state index contributed by atoms with van der Waals surface area (Å²) in [5.41, 5.74) is 1.28. The highest BCUT2D eigenvalue weighted by Gasteiger charge is 2.26. The number of ether oxygens (including phenoxy) is 1. The van der Waals surface area contributed by atoms with E-state index in [2.05, 4.69) is 30.3 Å². The van der Waals surface area contributed by atoms with E-state index in [1.54, 1.807) is 11.8 Å². The van der Waals surface area contributed by atoms with Gasteiger partial charge in [-0.1, -0.05) is 31.0 Å². The fourth-order valence-corrected chi connectivity index (χ4v) is 2.75. The van der Waals surface area contributed by atoms with Crippen LogP contribution in [0.2, 0.25) is 0 Å². The predicted molar refractivity (Wildman–Crippen MR) is 78.0 cm³/mol. The van der Waals surface area contributed by atoms with Crippen LogP contribution < -0.4 is 10.1 Å². The summed E-state index contributed by atoms with van der Waals surface area (Å²) in [5.74, 6) is 6.01. The molecule has 1 aliphatic heterocycles. The van der Waals surface area contributed by atoms with Gasteiger partial charge in [0.1, 0.15) is 5.75 Å². The third-order valence-electron chi connectivity index (χ3n) is 3.12. The SMILES string of the molecule is C#CCSCCNC1c2ccccc2OCC1C.